The summed E-state index contributed by atoms with van der Waals surface area (Å²) in [6, 6.07) is 1.74. The zero-order valence-corrected chi connectivity index (χ0v) is 10.8. The lowest BCUT2D eigenvalue weighted by molar-refractivity contribution is 0.0900. The van der Waals surface area contributed by atoms with Crippen molar-refractivity contribution in [2.45, 2.75) is 25.9 Å². The third kappa shape index (κ3) is 3.01. The van der Waals surface area contributed by atoms with Gasteiger partial charge >= 0.3 is 0 Å². The Labute approximate surface area is 107 Å². The van der Waals surface area contributed by atoms with Crippen LogP contribution in [0.3, 0.4) is 0 Å². The molecule has 1 aromatic heterocycles. The summed E-state index contributed by atoms with van der Waals surface area (Å²) in [6.45, 7) is 3.83. The van der Waals surface area contributed by atoms with Crippen LogP contribution >= 0.6 is 0 Å². The number of nitrogens with zero attached hydrogens (tertiary/aromatic N) is 2. The van der Waals surface area contributed by atoms with Crippen molar-refractivity contribution >= 4 is 11.8 Å². The summed E-state index contributed by atoms with van der Waals surface area (Å²) in [6.07, 6.45) is 2.48. The number of aromatic nitrogens is 2. The zero-order valence-electron chi connectivity index (χ0n) is 10.8. The molecule has 0 spiro atoms. The highest BCUT2D eigenvalue weighted by atomic mass is 16.5. The van der Waals surface area contributed by atoms with Gasteiger partial charge in [0, 0.05) is 25.1 Å². The molecule has 6 nitrogen and oxygen atoms in total. The molecule has 0 radical (unpaired) electrons. The molecule has 0 aromatic carbocycles. The molecule has 0 amide bonds. The molecule has 6 heteroatoms. The molecule has 2 heterocycles. The maximum absolute atomic E-state index is 5.65. The van der Waals surface area contributed by atoms with E-state index < -0.39 is 0 Å². The molecule has 0 aliphatic carbocycles. The largest absolute Gasteiger partial charge is 0.481 e. The molecule has 2 atom stereocenters. The minimum absolute atomic E-state index is 0.214. The Hall–Kier alpha value is -1.56. The van der Waals surface area contributed by atoms with Crippen LogP contribution in [0.15, 0.2) is 6.07 Å². The molecular formula is C12H20N4O2. The maximum atomic E-state index is 5.65. The van der Waals surface area contributed by atoms with Gasteiger partial charge in [-0.15, -0.1) is 0 Å². The highest BCUT2D eigenvalue weighted by Crippen LogP contribution is 2.24. The Morgan fingerprint density at radius 1 is 1.56 bits per heavy atom. The lowest BCUT2D eigenvalue weighted by Gasteiger charge is -2.17. The van der Waals surface area contributed by atoms with Gasteiger partial charge in [0.15, 0.2) is 0 Å². The van der Waals surface area contributed by atoms with Crippen LogP contribution in [0.2, 0.25) is 0 Å². The van der Waals surface area contributed by atoms with Crippen molar-refractivity contribution in [2.75, 3.05) is 31.3 Å². The lowest BCUT2D eigenvalue weighted by Crippen LogP contribution is -2.23. The van der Waals surface area contributed by atoms with Gasteiger partial charge in [-0.2, -0.15) is 9.97 Å². The second-order valence-electron chi connectivity index (χ2n) is 4.40. The second kappa shape index (κ2) is 5.86. The number of nitrogens with one attached hydrogen (secondary N) is 1. The van der Waals surface area contributed by atoms with E-state index >= 15 is 0 Å². The molecule has 1 saturated heterocycles. The fourth-order valence-electron chi connectivity index (χ4n) is 2.25. The fraction of sp³-hybridized carbons (Fsp3) is 0.667. The highest BCUT2D eigenvalue weighted by molar-refractivity contribution is 5.42. The standard InChI is InChI=1S/C12H20N4O2/c1-3-9-8(4-5-18-9)7-14-10-6-11(17-2)16-12(13)15-10/h6,8-9H,3-5,7H2,1-2H3,(H3,13,14,15,16). The summed E-state index contributed by atoms with van der Waals surface area (Å²) in [5.74, 6) is 1.91. The number of hydrogen-bond donors (Lipinski definition) is 2. The van der Waals surface area contributed by atoms with Gasteiger partial charge in [-0.05, 0) is 12.8 Å². The zero-order chi connectivity index (χ0) is 13.0. The van der Waals surface area contributed by atoms with Crippen LogP contribution in [0.4, 0.5) is 11.8 Å². The van der Waals surface area contributed by atoms with Crippen LogP contribution in [0.5, 0.6) is 5.88 Å². The molecule has 18 heavy (non-hydrogen) atoms. The van der Waals surface area contributed by atoms with Crippen molar-refractivity contribution in [3.8, 4) is 5.88 Å². The first-order valence-electron chi connectivity index (χ1n) is 6.27. The van der Waals surface area contributed by atoms with Gasteiger partial charge in [-0.1, -0.05) is 6.92 Å². The maximum Gasteiger partial charge on any atom is 0.225 e. The minimum Gasteiger partial charge on any atom is -0.481 e. The van der Waals surface area contributed by atoms with E-state index in [0.29, 0.717) is 23.7 Å². The van der Waals surface area contributed by atoms with Crippen molar-refractivity contribution in [3.05, 3.63) is 6.07 Å². The van der Waals surface area contributed by atoms with Crippen molar-refractivity contribution in [3.63, 3.8) is 0 Å². The summed E-state index contributed by atoms with van der Waals surface area (Å²) in [4.78, 5) is 8.07. The van der Waals surface area contributed by atoms with Gasteiger partial charge < -0.3 is 20.5 Å². The molecule has 2 rings (SSSR count). The number of ether oxygens (including phenoxy) is 2. The molecule has 1 aliphatic heterocycles. The van der Waals surface area contributed by atoms with Crippen molar-refractivity contribution < 1.29 is 9.47 Å². The van der Waals surface area contributed by atoms with E-state index in [1.807, 2.05) is 0 Å². The van der Waals surface area contributed by atoms with Crippen LogP contribution in [-0.2, 0) is 4.74 Å². The second-order valence-corrected chi connectivity index (χ2v) is 4.40. The summed E-state index contributed by atoms with van der Waals surface area (Å²) in [5, 5.41) is 3.28. The fourth-order valence-corrected chi connectivity index (χ4v) is 2.25. The van der Waals surface area contributed by atoms with Crippen LogP contribution in [0.25, 0.3) is 0 Å². The van der Waals surface area contributed by atoms with Crippen LogP contribution in [0.1, 0.15) is 19.8 Å². The predicted molar refractivity (Wildman–Crippen MR) is 69.6 cm³/mol. The third-order valence-electron chi connectivity index (χ3n) is 3.22. The number of nitrogens with two attached hydrogens (primary N) is 1. The van der Waals surface area contributed by atoms with Crippen molar-refractivity contribution in [1.29, 1.82) is 0 Å². The highest BCUT2D eigenvalue weighted by Gasteiger charge is 2.26. The average molecular weight is 252 g/mol. The van der Waals surface area contributed by atoms with E-state index in [9.17, 15) is 0 Å². The molecule has 1 aromatic rings. The van der Waals surface area contributed by atoms with E-state index in [0.717, 1.165) is 26.0 Å². The van der Waals surface area contributed by atoms with E-state index in [-0.39, 0.29) is 5.95 Å². The average Bonchev–Trinajstić information content (AvgIpc) is 2.83. The Bertz CT molecular complexity index is 400. The van der Waals surface area contributed by atoms with Crippen LogP contribution < -0.4 is 15.8 Å². The molecule has 0 bridgehead atoms. The molecule has 1 fully saturated rings. The summed E-state index contributed by atoms with van der Waals surface area (Å²) < 4.78 is 10.7. The SMILES string of the molecule is CCC1OCCC1CNc1cc(OC)nc(N)n1. The van der Waals surface area contributed by atoms with Crippen LogP contribution in [-0.4, -0.2) is 36.3 Å². The van der Waals surface area contributed by atoms with Crippen molar-refractivity contribution in [1.82, 2.24) is 9.97 Å². The van der Waals surface area contributed by atoms with Gasteiger partial charge in [0.25, 0.3) is 0 Å². The van der Waals surface area contributed by atoms with Gasteiger partial charge in [0.05, 0.1) is 13.2 Å². The smallest absolute Gasteiger partial charge is 0.225 e. The first-order valence-corrected chi connectivity index (χ1v) is 6.27. The molecule has 100 valence electrons. The first-order chi connectivity index (χ1) is 8.72. The van der Waals surface area contributed by atoms with E-state index in [1.165, 1.54) is 0 Å². The van der Waals surface area contributed by atoms with E-state index in [1.54, 1.807) is 13.2 Å². The Kier molecular flexibility index (Phi) is 4.19. The van der Waals surface area contributed by atoms with E-state index in [4.69, 9.17) is 15.2 Å². The number of hydrogen-bond acceptors (Lipinski definition) is 6. The topological polar surface area (TPSA) is 82.3 Å². The third-order valence-corrected chi connectivity index (χ3v) is 3.22. The van der Waals surface area contributed by atoms with Crippen molar-refractivity contribution in [2.24, 2.45) is 5.92 Å². The summed E-state index contributed by atoms with van der Waals surface area (Å²) in [7, 11) is 1.56. The molecule has 3 N–H and O–H groups in total. The van der Waals surface area contributed by atoms with Gasteiger partial charge in [0.1, 0.15) is 5.82 Å². The Morgan fingerprint density at radius 3 is 3.11 bits per heavy atom. The molecule has 0 saturated carbocycles. The monoisotopic (exact) mass is 252 g/mol. The number of nitrogen functional groups attached to an aromatic ring is 1. The Balaban J connectivity index is 1.95. The summed E-state index contributed by atoms with van der Waals surface area (Å²) >= 11 is 0. The minimum atomic E-state index is 0.214. The van der Waals surface area contributed by atoms with E-state index in [2.05, 4.69) is 22.2 Å². The summed E-state index contributed by atoms with van der Waals surface area (Å²) in [5.41, 5.74) is 5.61. The normalized spacial score (nSPS) is 23.0. The Morgan fingerprint density at radius 2 is 2.39 bits per heavy atom. The van der Waals surface area contributed by atoms with Crippen LogP contribution in [0, 0.1) is 5.92 Å². The number of anilines is 2. The molecule has 1 aliphatic rings. The molecular weight excluding hydrogens is 232 g/mol. The van der Waals surface area contributed by atoms with Gasteiger partial charge in [-0.25, -0.2) is 0 Å². The molecule has 2 unspecified atom stereocenters. The predicted octanol–water partition coefficient (Wildman–Crippen LogP) is 1.29. The number of rotatable bonds is 5. The van der Waals surface area contributed by atoms with Gasteiger partial charge in [0.2, 0.25) is 11.8 Å². The lowest BCUT2D eigenvalue weighted by atomic mass is 10.00. The van der Waals surface area contributed by atoms with Gasteiger partial charge in [-0.3, -0.25) is 0 Å². The first kappa shape index (κ1) is 12.9. The number of methoxy groups -OCH3 is 1. The quantitative estimate of drug-likeness (QED) is 0.821.